The van der Waals surface area contributed by atoms with E-state index >= 15 is 0 Å². The summed E-state index contributed by atoms with van der Waals surface area (Å²) in [6.07, 6.45) is 4.64. The van der Waals surface area contributed by atoms with Crippen molar-refractivity contribution in [1.82, 2.24) is 0 Å². The van der Waals surface area contributed by atoms with Gasteiger partial charge >= 0.3 is 0 Å². The number of halogens is 1. The minimum absolute atomic E-state index is 0.164. The van der Waals surface area contributed by atoms with E-state index in [4.69, 9.17) is 0 Å². The van der Waals surface area contributed by atoms with E-state index in [1.165, 1.54) is 19.3 Å². The minimum Gasteiger partial charge on any atom is -0.216 e. The van der Waals surface area contributed by atoms with Crippen LogP contribution in [0, 0.1) is 17.3 Å². The molecule has 0 aromatic heterocycles. The number of fused-ring (bicyclic) bond motifs is 2. The van der Waals surface area contributed by atoms with Gasteiger partial charge in [0.05, 0.1) is 6.33 Å². The molecule has 0 N–H and O–H groups in total. The molecule has 2 aliphatic rings. The summed E-state index contributed by atoms with van der Waals surface area (Å²) in [6.45, 7) is 4.37. The molecule has 0 nitrogen and oxygen atoms in total. The molecule has 2 atom stereocenters. The predicted molar refractivity (Wildman–Crippen MR) is 43.8 cm³/mol. The van der Waals surface area contributed by atoms with Gasteiger partial charge in [0.2, 0.25) is 0 Å². The second-order valence-corrected chi connectivity index (χ2v) is 4.49. The van der Waals surface area contributed by atoms with E-state index in [-0.39, 0.29) is 5.41 Å². The van der Waals surface area contributed by atoms with Crippen LogP contribution in [0.4, 0.5) is 4.39 Å². The fourth-order valence-electron chi connectivity index (χ4n) is 2.91. The van der Waals surface area contributed by atoms with Crippen LogP contribution in [0.3, 0.4) is 0 Å². The lowest BCUT2D eigenvalue weighted by Crippen LogP contribution is -2.22. The zero-order valence-corrected chi connectivity index (χ0v) is 7.23. The van der Waals surface area contributed by atoms with Crippen molar-refractivity contribution in [3.8, 4) is 0 Å². The van der Waals surface area contributed by atoms with Crippen LogP contribution < -0.4 is 0 Å². The molecule has 2 aliphatic carbocycles. The van der Waals surface area contributed by atoms with E-state index in [0.29, 0.717) is 5.92 Å². The zero-order chi connectivity index (χ0) is 8.06. The molecule has 2 fully saturated rings. The van der Waals surface area contributed by atoms with Crippen molar-refractivity contribution < 1.29 is 4.39 Å². The van der Waals surface area contributed by atoms with Crippen molar-refractivity contribution in [2.75, 3.05) is 0 Å². The fraction of sp³-hybridized carbons (Fsp3) is 0.800. The van der Waals surface area contributed by atoms with Gasteiger partial charge in [-0.05, 0) is 42.1 Å². The van der Waals surface area contributed by atoms with Crippen LogP contribution in [0.5, 0.6) is 0 Å². The molecule has 0 aliphatic heterocycles. The Kier molecular flexibility index (Phi) is 1.39. The highest BCUT2D eigenvalue weighted by Crippen LogP contribution is 2.58. The first-order chi connectivity index (χ1) is 5.16. The van der Waals surface area contributed by atoms with Crippen LogP contribution in [-0.2, 0) is 0 Å². The van der Waals surface area contributed by atoms with E-state index in [2.05, 4.69) is 13.8 Å². The second kappa shape index (κ2) is 2.09. The molecule has 0 heterocycles. The van der Waals surface area contributed by atoms with E-state index in [0.717, 1.165) is 17.8 Å². The van der Waals surface area contributed by atoms with E-state index in [9.17, 15) is 4.39 Å². The maximum absolute atomic E-state index is 12.5. The van der Waals surface area contributed by atoms with Gasteiger partial charge < -0.3 is 0 Å². The first-order valence-electron chi connectivity index (χ1n) is 4.47. The number of rotatable bonds is 0. The Labute approximate surface area is 67.5 Å². The van der Waals surface area contributed by atoms with Gasteiger partial charge in [-0.3, -0.25) is 0 Å². The molecule has 2 unspecified atom stereocenters. The monoisotopic (exact) mass is 154 g/mol. The fourth-order valence-corrected chi connectivity index (χ4v) is 2.91. The smallest absolute Gasteiger partial charge is 0.0867 e. The largest absolute Gasteiger partial charge is 0.216 e. The van der Waals surface area contributed by atoms with Crippen LogP contribution in [0.15, 0.2) is 11.9 Å². The molecule has 2 rings (SSSR count). The highest BCUT2D eigenvalue weighted by molar-refractivity contribution is 5.24. The molecular formula is C10H15F. The van der Waals surface area contributed by atoms with Crippen LogP contribution in [0.1, 0.15) is 33.1 Å². The third-order valence-corrected chi connectivity index (χ3v) is 3.75. The first-order valence-corrected chi connectivity index (χ1v) is 4.47. The minimum atomic E-state index is 0.164. The number of hydrogen-bond acceptors (Lipinski definition) is 0. The average Bonchev–Trinajstić information content (AvgIpc) is 2.44. The Morgan fingerprint density at radius 2 is 2.18 bits per heavy atom. The molecule has 0 radical (unpaired) electrons. The highest BCUT2D eigenvalue weighted by Gasteiger charge is 2.48. The molecule has 0 amide bonds. The maximum atomic E-state index is 12.5. The van der Waals surface area contributed by atoms with Crippen molar-refractivity contribution in [1.29, 1.82) is 0 Å². The molecule has 62 valence electrons. The second-order valence-electron chi connectivity index (χ2n) is 4.49. The number of hydrogen-bond donors (Lipinski definition) is 0. The Morgan fingerprint density at radius 3 is 2.55 bits per heavy atom. The van der Waals surface area contributed by atoms with Crippen molar-refractivity contribution in [2.24, 2.45) is 17.3 Å². The van der Waals surface area contributed by atoms with E-state index in [1.54, 1.807) is 0 Å². The van der Waals surface area contributed by atoms with Gasteiger partial charge in [0.1, 0.15) is 0 Å². The summed E-state index contributed by atoms with van der Waals surface area (Å²) < 4.78 is 12.5. The average molecular weight is 154 g/mol. The summed E-state index contributed by atoms with van der Waals surface area (Å²) in [6, 6.07) is 0. The van der Waals surface area contributed by atoms with Gasteiger partial charge in [-0.1, -0.05) is 13.8 Å². The van der Waals surface area contributed by atoms with Crippen molar-refractivity contribution >= 4 is 0 Å². The lowest BCUT2D eigenvalue weighted by Gasteiger charge is -2.31. The van der Waals surface area contributed by atoms with Gasteiger partial charge in [0.25, 0.3) is 0 Å². The molecular weight excluding hydrogens is 139 g/mol. The molecule has 0 saturated heterocycles. The lowest BCUT2D eigenvalue weighted by molar-refractivity contribution is 0.284. The van der Waals surface area contributed by atoms with E-state index in [1.807, 2.05) is 0 Å². The van der Waals surface area contributed by atoms with Crippen LogP contribution >= 0.6 is 0 Å². The standard InChI is InChI=1S/C10H15F/c1-10(2)8-4-3-7(5-8)9(10)6-11/h6-8H,3-5H2,1-2H3/b9-6-. The predicted octanol–water partition coefficient (Wildman–Crippen LogP) is 3.30. The van der Waals surface area contributed by atoms with Crippen molar-refractivity contribution in [3.05, 3.63) is 11.9 Å². The Hall–Kier alpha value is -0.330. The summed E-state index contributed by atoms with van der Waals surface area (Å²) in [4.78, 5) is 0. The molecule has 0 spiro atoms. The third kappa shape index (κ3) is 0.800. The molecule has 2 saturated carbocycles. The quantitative estimate of drug-likeness (QED) is 0.502. The van der Waals surface area contributed by atoms with Crippen LogP contribution in [0.25, 0.3) is 0 Å². The van der Waals surface area contributed by atoms with Gasteiger partial charge in [-0.2, -0.15) is 0 Å². The summed E-state index contributed by atoms with van der Waals surface area (Å²) >= 11 is 0. The summed E-state index contributed by atoms with van der Waals surface area (Å²) in [7, 11) is 0. The molecule has 11 heavy (non-hydrogen) atoms. The van der Waals surface area contributed by atoms with Crippen molar-refractivity contribution in [3.63, 3.8) is 0 Å². The summed E-state index contributed by atoms with van der Waals surface area (Å²) in [5.41, 5.74) is 1.24. The molecule has 1 heteroatoms. The Bertz CT molecular complexity index is 203. The Morgan fingerprint density at radius 1 is 1.45 bits per heavy atom. The highest BCUT2D eigenvalue weighted by atomic mass is 19.1. The first kappa shape index (κ1) is 7.33. The molecule has 2 bridgehead atoms. The zero-order valence-electron chi connectivity index (χ0n) is 7.23. The van der Waals surface area contributed by atoms with Gasteiger partial charge in [0, 0.05) is 0 Å². The van der Waals surface area contributed by atoms with E-state index < -0.39 is 0 Å². The third-order valence-electron chi connectivity index (χ3n) is 3.75. The van der Waals surface area contributed by atoms with Gasteiger partial charge in [0.15, 0.2) is 0 Å². The summed E-state index contributed by atoms with van der Waals surface area (Å²) in [5, 5.41) is 0. The Balaban J connectivity index is 2.36. The maximum Gasteiger partial charge on any atom is 0.0867 e. The van der Waals surface area contributed by atoms with Crippen LogP contribution in [0.2, 0.25) is 0 Å². The SMILES string of the molecule is CC1(C)/C(=C\F)C2CCC1C2. The van der Waals surface area contributed by atoms with Gasteiger partial charge in [-0.25, -0.2) is 4.39 Å². The van der Waals surface area contributed by atoms with Crippen LogP contribution in [-0.4, -0.2) is 0 Å². The topological polar surface area (TPSA) is 0 Å². The molecule has 0 aromatic rings. The van der Waals surface area contributed by atoms with Gasteiger partial charge in [-0.15, -0.1) is 0 Å². The van der Waals surface area contributed by atoms with Crippen molar-refractivity contribution in [2.45, 2.75) is 33.1 Å². The summed E-state index contributed by atoms with van der Waals surface area (Å²) in [5.74, 6) is 1.34. The number of allylic oxidation sites excluding steroid dienone is 1. The molecule has 0 aromatic carbocycles. The normalized spacial score (nSPS) is 43.7. The lowest BCUT2D eigenvalue weighted by atomic mass is 9.73.